The predicted molar refractivity (Wildman–Crippen MR) is 66.7 cm³/mol. The minimum Gasteiger partial charge on any atom is -0.490 e. The van der Waals surface area contributed by atoms with Gasteiger partial charge >= 0.3 is 0 Å². The van der Waals surface area contributed by atoms with E-state index in [9.17, 15) is 0 Å². The summed E-state index contributed by atoms with van der Waals surface area (Å²) in [5.74, 6) is 0.982. The van der Waals surface area contributed by atoms with Crippen molar-refractivity contribution in [3.05, 3.63) is 29.3 Å². The Kier molecular flexibility index (Phi) is 2.94. The Morgan fingerprint density at radius 1 is 1.25 bits per heavy atom. The van der Waals surface area contributed by atoms with Crippen LogP contribution in [0.2, 0.25) is 0 Å². The third-order valence-corrected chi connectivity index (χ3v) is 2.90. The van der Waals surface area contributed by atoms with Crippen LogP contribution in [0.5, 0.6) is 5.75 Å². The molecular weight excluding hydrogens is 198 g/mol. The number of rotatable bonds is 3. The molecule has 88 valence electrons. The van der Waals surface area contributed by atoms with Gasteiger partial charge in [0.1, 0.15) is 5.75 Å². The zero-order valence-electron chi connectivity index (χ0n) is 10.4. The van der Waals surface area contributed by atoms with E-state index in [1.807, 2.05) is 0 Å². The maximum absolute atomic E-state index is 5.85. The van der Waals surface area contributed by atoms with Crippen molar-refractivity contribution in [2.75, 3.05) is 0 Å². The third kappa shape index (κ3) is 2.76. The number of hydrogen-bond acceptors (Lipinski definition) is 2. The molecule has 1 saturated carbocycles. The lowest BCUT2D eigenvalue weighted by molar-refractivity contribution is 0.302. The maximum atomic E-state index is 5.85. The molecule has 0 radical (unpaired) electrons. The molecular formula is C14H21NO. The summed E-state index contributed by atoms with van der Waals surface area (Å²) in [6.07, 6.45) is 2.83. The summed E-state index contributed by atoms with van der Waals surface area (Å²) in [6, 6.07) is 6.39. The third-order valence-electron chi connectivity index (χ3n) is 2.90. The molecule has 2 N–H and O–H groups in total. The van der Waals surface area contributed by atoms with Gasteiger partial charge in [-0.15, -0.1) is 0 Å². The highest BCUT2D eigenvalue weighted by molar-refractivity contribution is 5.38. The highest BCUT2D eigenvalue weighted by atomic mass is 16.5. The van der Waals surface area contributed by atoms with Crippen molar-refractivity contribution in [1.82, 2.24) is 0 Å². The largest absolute Gasteiger partial charge is 0.490 e. The Morgan fingerprint density at radius 2 is 1.94 bits per heavy atom. The second kappa shape index (κ2) is 4.10. The van der Waals surface area contributed by atoms with E-state index in [-0.39, 0.29) is 5.41 Å². The van der Waals surface area contributed by atoms with Crippen LogP contribution in [0, 0.1) is 0 Å². The summed E-state index contributed by atoms with van der Waals surface area (Å²) in [6.45, 7) is 7.21. The molecule has 2 rings (SSSR count). The van der Waals surface area contributed by atoms with Crippen molar-refractivity contribution in [2.45, 2.75) is 51.7 Å². The van der Waals surface area contributed by atoms with Crippen LogP contribution >= 0.6 is 0 Å². The van der Waals surface area contributed by atoms with E-state index in [2.05, 4.69) is 39.0 Å². The molecule has 0 atom stereocenters. The summed E-state index contributed by atoms with van der Waals surface area (Å²) in [7, 11) is 0. The molecule has 0 aliphatic heterocycles. The van der Waals surface area contributed by atoms with Gasteiger partial charge in [0.15, 0.2) is 0 Å². The maximum Gasteiger partial charge on any atom is 0.120 e. The second-order valence-corrected chi connectivity index (χ2v) is 5.64. The first kappa shape index (κ1) is 11.5. The molecule has 0 saturated heterocycles. The number of nitrogens with two attached hydrogens (primary N) is 1. The summed E-state index contributed by atoms with van der Waals surface area (Å²) in [5.41, 5.74) is 8.32. The van der Waals surface area contributed by atoms with E-state index in [0.717, 1.165) is 11.3 Å². The smallest absolute Gasteiger partial charge is 0.120 e. The second-order valence-electron chi connectivity index (χ2n) is 5.64. The van der Waals surface area contributed by atoms with E-state index in [4.69, 9.17) is 10.5 Å². The van der Waals surface area contributed by atoms with Crippen molar-refractivity contribution in [2.24, 2.45) is 5.73 Å². The fourth-order valence-corrected chi connectivity index (χ4v) is 1.66. The molecule has 1 aliphatic carbocycles. The average Bonchev–Trinajstić information content (AvgIpc) is 3.00. The van der Waals surface area contributed by atoms with Gasteiger partial charge in [-0.25, -0.2) is 0 Å². The monoisotopic (exact) mass is 219 g/mol. The van der Waals surface area contributed by atoms with E-state index in [1.54, 1.807) is 0 Å². The van der Waals surface area contributed by atoms with Gasteiger partial charge in [0.2, 0.25) is 0 Å². The number of hydrogen-bond donors (Lipinski definition) is 1. The minimum atomic E-state index is 0.146. The molecule has 16 heavy (non-hydrogen) atoms. The van der Waals surface area contributed by atoms with Crippen molar-refractivity contribution in [3.63, 3.8) is 0 Å². The van der Waals surface area contributed by atoms with Crippen molar-refractivity contribution < 1.29 is 4.74 Å². The molecule has 2 heteroatoms. The van der Waals surface area contributed by atoms with E-state index in [0.29, 0.717) is 12.6 Å². The molecule has 0 unspecified atom stereocenters. The Labute approximate surface area is 97.8 Å². The Morgan fingerprint density at radius 3 is 2.44 bits per heavy atom. The van der Waals surface area contributed by atoms with Gasteiger partial charge in [0.05, 0.1) is 6.10 Å². The van der Waals surface area contributed by atoms with Gasteiger partial charge in [0, 0.05) is 6.54 Å². The average molecular weight is 219 g/mol. The Balaban J connectivity index is 2.29. The summed E-state index contributed by atoms with van der Waals surface area (Å²) < 4.78 is 5.85. The van der Waals surface area contributed by atoms with Crippen LogP contribution in [0.1, 0.15) is 44.7 Å². The molecule has 0 bridgehead atoms. The number of ether oxygens (including phenoxy) is 1. The van der Waals surface area contributed by atoms with Gasteiger partial charge in [0.25, 0.3) is 0 Å². The van der Waals surface area contributed by atoms with Gasteiger partial charge in [-0.1, -0.05) is 26.8 Å². The molecule has 2 nitrogen and oxygen atoms in total. The van der Waals surface area contributed by atoms with Gasteiger partial charge in [-0.3, -0.25) is 0 Å². The Bertz CT molecular complexity index is 375. The van der Waals surface area contributed by atoms with Crippen LogP contribution < -0.4 is 10.5 Å². The van der Waals surface area contributed by atoms with E-state index < -0.39 is 0 Å². The summed E-state index contributed by atoms with van der Waals surface area (Å²) in [5, 5.41) is 0. The minimum absolute atomic E-state index is 0.146. The lowest BCUT2D eigenvalue weighted by Gasteiger charge is -2.21. The normalized spacial score (nSPS) is 16.2. The van der Waals surface area contributed by atoms with Crippen LogP contribution in [-0.4, -0.2) is 6.10 Å². The van der Waals surface area contributed by atoms with Gasteiger partial charge in [-0.2, -0.15) is 0 Å². The highest BCUT2D eigenvalue weighted by Gasteiger charge is 2.24. The molecule has 1 aliphatic rings. The Hall–Kier alpha value is -1.02. The fraction of sp³-hybridized carbons (Fsp3) is 0.571. The van der Waals surface area contributed by atoms with E-state index >= 15 is 0 Å². The first-order valence-electron chi connectivity index (χ1n) is 6.00. The molecule has 1 aromatic carbocycles. The van der Waals surface area contributed by atoms with Crippen molar-refractivity contribution in [1.29, 1.82) is 0 Å². The predicted octanol–water partition coefficient (Wildman–Crippen LogP) is 2.98. The van der Waals surface area contributed by atoms with Crippen molar-refractivity contribution in [3.8, 4) is 5.75 Å². The SMILES string of the molecule is CC(C)(C)c1cc(CN)cc(OC2CC2)c1. The van der Waals surface area contributed by atoms with Crippen LogP contribution in [-0.2, 0) is 12.0 Å². The van der Waals surface area contributed by atoms with Crippen LogP contribution in [0.4, 0.5) is 0 Å². The number of benzene rings is 1. The zero-order chi connectivity index (χ0) is 11.8. The zero-order valence-corrected chi connectivity index (χ0v) is 10.4. The highest BCUT2D eigenvalue weighted by Crippen LogP contribution is 2.31. The van der Waals surface area contributed by atoms with Gasteiger partial charge < -0.3 is 10.5 Å². The lowest BCUT2D eigenvalue weighted by atomic mass is 9.86. The van der Waals surface area contributed by atoms with Crippen LogP contribution in [0.3, 0.4) is 0 Å². The fourth-order valence-electron chi connectivity index (χ4n) is 1.66. The molecule has 0 spiro atoms. The summed E-state index contributed by atoms with van der Waals surface area (Å²) in [4.78, 5) is 0. The standard InChI is InChI=1S/C14H21NO/c1-14(2,3)11-6-10(9-15)7-13(8-11)16-12-4-5-12/h6-8,12H,4-5,9,15H2,1-3H3. The van der Waals surface area contributed by atoms with Crippen LogP contribution in [0.15, 0.2) is 18.2 Å². The topological polar surface area (TPSA) is 35.2 Å². The molecule has 0 amide bonds. The lowest BCUT2D eigenvalue weighted by Crippen LogP contribution is -2.13. The van der Waals surface area contributed by atoms with E-state index in [1.165, 1.54) is 18.4 Å². The van der Waals surface area contributed by atoms with Crippen molar-refractivity contribution >= 4 is 0 Å². The summed E-state index contributed by atoms with van der Waals surface area (Å²) >= 11 is 0. The molecule has 1 fully saturated rings. The quantitative estimate of drug-likeness (QED) is 0.848. The molecule has 0 aromatic heterocycles. The van der Waals surface area contributed by atoms with Crippen LogP contribution in [0.25, 0.3) is 0 Å². The molecule has 1 aromatic rings. The molecule has 0 heterocycles. The first-order chi connectivity index (χ1) is 7.49. The van der Waals surface area contributed by atoms with Gasteiger partial charge in [-0.05, 0) is 41.5 Å². The first-order valence-corrected chi connectivity index (χ1v) is 6.00.